The Balaban J connectivity index is 1.57. The third kappa shape index (κ3) is 4.02. The van der Waals surface area contributed by atoms with Crippen molar-refractivity contribution in [2.45, 2.75) is 26.4 Å². The van der Waals surface area contributed by atoms with Crippen LogP contribution in [0.15, 0.2) is 54.1 Å². The molecule has 0 saturated heterocycles. The van der Waals surface area contributed by atoms with Crippen molar-refractivity contribution in [2.75, 3.05) is 5.32 Å². The van der Waals surface area contributed by atoms with Gasteiger partial charge in [-0.05, 0) is 38.5 Å². The summed E-state index contributed by atoms with van der Waals surface area (Å²) in [6.07, 6.45) is 4.12. The maximum Gasteiger partial charge on any atom is 0.257 e. The number of rotatable bonds is 4. The van der Waals surface area contributed by atoms with E-state index in [1.54, 1.807) is 26.0 Å². The summed E-state index contributed by atoms with van der Waals surface area (Å²) >= 11 is 0. The van der Waals surface area contributed by atoms with E-state index in [9.17, 15) is 14.0 Å². The van der Waals surface area contributed by atoms with Crippen LogP contribution in [0.2, 0.25) is 0 Å². The standard InChI is InChI=1S/C22H18FN5O3/c1-12-4-5-13(19-20(29)22(2,3)31-28-19)8-15(12)16-10-26-18(11-25-16)27-21(30)14-6-7-24-17(23)9-14/h4-11H,1-3H3,(H,26,27,30). The van der Waals surface area contributed by atoms with Crippen molar-refractivity contribution in [3.63, 3.8) is 0 Å². The van der Waals surface area contributed by atoms with Crippen LogP contribution >= 0.6 is 0 Å². The highest BCUT2D eigenvalue weighted by atomic mass is 19.1. The van der Waals surface area contributed by atoms with Crippen molar-refractivity contribution in [1.29, 1.82) is 0 Å². The van der Waals surface area contributed by atoms with Crippen LogP contribution in [-0.4, -0.2) is 38.0 Å². The number of benzene rings is 1. The van der Waals surface area contributed by atoms with Gasteiger partial charge in [0.05, 0.1) is 18.1 Å². The van der Waals surface area contributed by atoms with Crippen LogP contribution in [-0.2, 0) is 9.63 Å². The maximum atomic E-state index is 13.2. The minimum Gasteiger partial charge on any atom is -0.381 e. The quantitative estimate of drug-likeness (QED) is 0.650. The molecule has 1 aliphatic rings. The van der Waals surface area contributed by atoms with Gasteiger partial charge in [0.25, 0.3) is 5.91 Å². The maximum absolute atomic E-state index is 13.2. The smallest absolute Gasteiger partial charge is 0.257 e. The molecule has 0 aliphatic carbocycles. The summed E-state index contributed by atoms with van der Waals surface area (Å²) in [7, 11) is 0. The van der Waals surface area contributed by atoms with Gasteiger partial charge in [-0.25, -0.2) is 9.97 Å². The summed E-state index contributed by atoms with van der Waals surface area (Å²) in [6.45, 7) is 5.24. The molecule has 2 aromatic heterocycles. The highest BCUT2D eigenvalue weighted by Gasteiger charge is 2.40. The molecule has 3 heterocycles. The van der Waals surface area contributed by atoms with Crippen molar-refractivity contribution in [3.8, 4) is 11.3 Å². The van der Waals surface area contributed by atoms with Gasteiger partial charge in [0.1, 0.15) is 0 Å². The summed E-state index contributed by atoms with van der Waals surface area (Å²) in [5.41, 5.74) is 2.25. The summed E-state index contributed by atoms with van der Waals surface area (Å²) in [5.74, 6) is -1.25. The number of ketones is 1. The fraction of sp³-hybridized carbons (Fsp3) is 0.182. The number of amides is 1. The zero-order chi connectivity index (χ0) is 22.2. The lowest BCUT2D eigenvalue weighted by molar-refractivity contribution is -0.128. The van der Waals surface area contributed by atoms with Gasteiger partial charge in [-0.2, -0.15) is 4.39 Å². The lowest BCUT2D eigenvalue weighted by Gasteiger charge is -2.12. The zero-order valence-corrected chi connectivity index (χ0v) is 17.0. The van der Waals surface area contributed by atoms with Crippen molar-refractivity contribution in [1.82, 2.24) is 15.0 Å². The van der Waals surface area contributed by atoms with E-state index in [0.717, 1.165) is 17.2 Å². The van der Waals surface area contributed by atoms with Crippen LogP contribution in [0.25, 0.3) is 11.3 Å². The Labute approximate surface area is 177 Å². The molecule has 31 heavy (non-hydrogen) atoms. The lowest BCUT2D eigenvalue weighted by Crippen LogP contribution is -2.33. The normalized spacial score (nSPS) is 14.7. The number of nitrogens with one attached hydrogen (secondary N) is 1. The number of aromatic nitrogens is 3. The summed E-state index contributed by atoms with van der Waals surface area (Å²) in [6, 6.07) is 7.90. The topological polar surface area (TPSA) is 106 Å². The lowest BCUT2D eigenvalue weighted by atomic mass is 9.93. The molecule has 1 aromatic carbocycles. The van der Waals surface area contributed by atoms with Crippen LogP contribution < -0.4 is 5.32 Å². The van der Waals surface area contributed by atoms with Crippen LogP contribution in [0.1, 0.15) is 35.3 Å². The van der Waals surface area contributed by atoms with Gasteiger partial charge in [-0.3, -0.25) is 14.6 Å². The largest absolute Gasteiger partial charge is 0.381 e. The number of anilines is 1. The third-order valence-electron chi connectivity index (χ3n) is 4.80. The van der Waals surface area contributed by atoms with E-state index >= 15 is 0 Å². The highest BCUT2D eigenvalue weighted by Crippen LogP contribution is 2.27. The molecule has 4 rings (SSSR count). The number of Topliss-reactive ketones (excluding diaryl/α,β-unsaturated/α-hetero) is 1. The van der Waals surface area contributed by atoms with Crippen LogP contribution in [0, 0.1) is 12.9 Å². The third-order valence-corrected chi connectivity index (χ3v) is 4.80. The molecule has 0 fully saturated rings. The summed E-state index contributed by atoms with van der Waals surface area (Å²) in [5, 5.41) is 6.50. The number of halogens is 1. The van der Waals surface area contributed by atoms with Crippen molar-refractivity contribution < 1.29 is 18.8 Å². The SMILES string of the molecule is Cc1ccc(C2=NOC(C)(C)C2=O)cc1-c1cnc(NC(=O)c2ccnc(F)c2)cn1. The van der Waals surface area contributed by atoms with Crippen molar-refractivity contribution >= 4 is 23.2 Å². The number of carbonyl (C=O) groups excluding carboxylic acids is 2. The molecule has 0 unspecified atom stereocenters. The van der Waals surface area contributed by atoms with E-state index in [2.05, 4.69) is 25.4 Å². The number of aryl methyl sites for hydroxylation is 1. The van der Waals surface area contributed by atoms with Gasteiger partial charge >= 0.3 is 0 Å². The molecule has 1 N–H and O–H groups in total. The first kappa shape index (κ1) is 20.3. The fourth-order valence-electron chi connectivity index (χ4n) is 3.02. The molecule has 0 atom stereocenters. The monoisotopic (exact) mass is 419 g/mol. The second kappa shape index (κ2) is 7.67. The van der Waals surface area contributed by atoms with Gasteiger partial charge in [-0.1, -0.05) is 17.3 Å². The van der Waals surface area contributed by atoms with Gasteiger partial charge in [0, 0.05) is 29.0 Å². The minimum atomic E-state index is -0.988. The first-order valence-corrected chi connectivity index (χ1v) is 9.42. The zero-order valence-electron chi connectivity index (χ0n) is 17.0. The van der Waals surface area contributed by atoms with E-state index in [1.807, 2.05) is 13.0 Å². The molecule has 3 aromatic rings. The molecule has 0 spiro atoms. The Morgan fingerprint density at radius 2 is 1.90 bits per heavy atom. The molecular weight excluding hydrogens is 401 g/mol. The molecular formula is C22H18FN5O3. The van der Waals surface area contributed by atoms with E-state index < -0.39 is 17.5 Å². The Morgan fingerprint density at radius 1 is 1.10 bits per heavy atom. The summed E-state index contributed by atoms with van der Waals surface area (Å²) < 4.78 is 13.2. The molecule has 9 heteroatoms. The molecule has 1 amide bonds. The second-order valence-corrected chi connectivity index (χ2v) is 7.51. The number of oxime groups is 1. The number of carbonyl (C=O) groups is 2. The van der Waals surface area contributed by atoms with Gasteiger partial charge in [-0.15, -0.1) is 0 Å². The summed E-state index contributed by atoms with van der Waals surface area (Å²) in [4.78, 5) is 42.0. The minimum absolute atomic E-state index is 0.120. The predicted molar refractivity (Wildman–Crippen MR) is 111 cm³/mol. The van der Waals surface area contributed by atoms with Gasteiger partial charge in [0.2, 0.25) is 11.7 Å². The Bertz CT molecular complexity index is 1220. The van der Waals surface area contributed by atoms with Crippen molar-refractivity contribution in [2.24, 2.45) is 5.16 Å². The highest BCUT2D eigenvalue weighted by molar-refractivity contribution is 6.49. The fourth-order valence-corrected chi connectivity index (χ4v) is 3.02. The average Bonchev–Trinajstić information content (AvgIpc) is 3.02. The Hall–Kier alpha value is -4.01. The van der Waals surface area contributed by atoms with E-state index in [-0.39, 0.29) is 22.9 Å². The number of hydrogen-bond donors (Lipinski definition) is 1. The molecule has 8 nitrogen and oxygen atoms in total. The van der Waals surface area contributed by atoms with E-state index in [1.165, 1.54) is 24.7 Å². The first-order valence-electron chi connectivity index (χ1n) is 9.42. The molecule has 0 saturated carbocycles. The average molecular weight is 419 g/mol. The van der Waals surface area contributed by atoms with E-state index in [4.69, 9.17) is 4.84 Å². The Morgan fingerprint density at radius 3 is 2.55 bits per heavy atom. The predicted octanol–water partition coefficient (Wildman–Crippen LogP) is 3.32. The first-order chi connectivity index (χ1) is 14.7. The Kier molecular flexibility index (Phi) is 5.02. The van der Waals surface area contributed by atoms with Crippen LogP contribution in [0.4, 0.5) is 10.2 Å². The van der Waals surface area contributed by atoms with Crippen LogP contribution in [0.3, 0.4) is 0 Å². The van der Waals surface area contributed by atoms with E-state index in [0.29, 0.717) is 11.3 Å². The number of nitrogens with zero attached hydrogens (tertiary/aromatic N) is 4. The molecule has 0 radical (unpaired) electrons. The second-order valence-electron chi connectivity index (χ2n) is 7.51. The van der Waals surface area contributed by atoms with Gasteiger partial charge in [0.15, 0.2) is 17.1 Å². The van der Waals surface area contributed by atoms with Crippen molar-refractivity contribution in [3.05, 3.63) is 71.6 Å². The molecule has 1 aliphatic heterocycles. The van der Waals surface area contributed by atoms with Crippen LogP contribution in [0.5, 0.6) is 0 Å². The number of hydrogen-bond acceptors (Lipinski definition) is 7. The van der Waals surface area contributed by atoms with Gasteiger partial charge < -0.3 is 10.2 Å². The molecule has 156 valence electrons. The molecule has 0 bridgehead atoms. The number of pyridine rings is 1.